The maximum atomic E-state index is 13.1. The lowest BCUT2D eigenvalue weighted by Crippen LogP contribution is -2.33. The minimum atomic E-state index is -4.60. The molecule has 2 aromatic rings. The first-order valence-electron chi connectivity index (χ1n) is 8.37. The number of rotatable bonds is 5. The van der Waals surface area contributed by atoms with Crippen LogP contribution < -0.4 is 16.8 Å². The third-order valence-electron chi connectivity index (χ3n) is 3.94. The number of nitrogens with one attached hydrogen (secondary N) is 1. The van der Waals surface area contributed by atoms with Crippen molar-refractivity contribution >= 4 is 40.9 Å². The summed E-state index contributed by atoms with van der Waals surface area (Å²) in [5.74, 6) is -2.92. The Morgan fingerprint density at radius 2 is 1.74 bits per heavy atom. The van der Waals surface area contributed by atoms with Gasteiger partial charge in [-0.05, 0) is 23.8 Å². The number of amidine groups is 1. The molecule has 7 nitrogen and oxygen atoms in total. The highest BCUT2D eigenvalue weighted by molar-refractivity contribution is 6.37. The monoisotopic (exact) mass is 474 g/mol. The van der Waals surface area contributed by atoms with Gasteiger partial charge in [0.15, 0.2) is 5.75 Å². The van der Waals surface area contributed by atoms with Gasteiger partial charge >= 0.3 is 6.18 Å². The van der Waals surface area contributed by atoms with E-state index in [4.69, 9.17) is 34.7 Å². The van der Waals surface area contributed by atoms with E-state index < -0.39 is 47.3 Å². The summed E-state index contributed by atoms with van der Waals surface area (Å²) in [7, 11) is 0. The van der Waals surface area contributed by atoms with Crippen molar-refractivity contribution in [1.82, 2.24) is 5.32 Å². The highest BCUT2D eigenvalue weighted by Crippen LogP contribution is 2.33. The highest BCUT2D eigenvalue weighted by Gasteiger charge is 2.33. The molecule has 2 aromatic carbocycles. The molecule has 0 aromatic heterocycles. The molecule has 6 N–H and O–H groups in total. The van der Waals surface area contributed by atoms with E-state index in [-0.39, 0.29) is 21.2 Å². The van der Waals surface area contributed by atoms with Crippen LogP contribution in [0.3, 0.4) is 0 Å². The number of phenolic OH excluding ortho intramolecular Hbond substituents is 1. The third kappa shape index (κ3) is 5.89. The lowest BCUT2D eigenvalue weighted by molar-refractivity contribution is -0.138. The molecule has 0 saturated heterocycles. The van der Waals surface area contributed by atoms with Crippen LogP contribution in [0.4, 0.5) is 13.2 Å². The van der Waals surface area contributed by atoms with Crippen LogP contribution in [0.15, 0.2) is 53.2 Å². The van der Waals surface area contributed by atoms with Crippen molar-refractivity contribution in [2.24, 2.45) is 16.5 Å². The summed E-state index contributed by atoms with van der Waals surface area (Å²) in [4.78, 5) is 28.1. The van der Waals surface area contributed by atoms with E-state index in [9.17, 15) is 27.9 Å². The van der Waals surface area contributed by atoms with Gasteiger partial charge in [0.2, 0.25) is 0 Å². The van der Waals surface area contributed by atoms with Crippen molar-refractivity contribution in [1.29, 1.82) is 0 Å². The van der Waals surface area contributed by atoms with E-state index in [1.165, 1.54) is 18.2 Å². The van der Waals surface area contributed by atoms with Crippen LogP contribution in [0.1, 0.15) is 21.5 Å². The van der Waals surface area contributed by atoms with Gasteiger partial charge in [-0.15, -0.1) is 0 Å². The average molecular weight is 475 g/mol. The minimum Gasteiger partial charge on any atom is -0.505 e. The number of alkyl halides is 3. The van der Waals surface area contributed by atoms with Crippen LogP contribution in [-0.2, 0) is 17.5 Å². The van der Waals surface area contributed by atoms with Gasteiger partial charge in [0.1, 0.15) is 5.84 Å². The SMILES string of the molecule is N/C=C(/C(=O)NCc1ccccc1C(F)(F)F)C(N)=NC(=O)c1cc(Cl)c(O)c(Cl)c1. The van der Waals surface area contributed by atoms with Gasteiger partial charge in [-0.2, -0.15) is 18.2 Å². The van der Waals surface area contributed by atoms with Crippen molar-refractivity contribution in [2.75, 3.05) is 0 Å². The number of aliphatic imine (C=N–C) groups is 1. The smallest absolute Gasteiger partial charge is 0.416 e. The Labute approximate surface area is 184 Å². The number of amides is 2. The molecule has 0 unspecified atom stereocenters. The van der Waals surface area contributed by atoms with E-state index in [1.807, 2.05) is 0 Å². The van der Waals surface area contributed by atoms with Crippen LogP contribution in [-0.4, -0.2) is 22.8 Å². The Bertz CT molecular complexity index is 1060. The normalized spacial score (nSPS) is 12.5. The standard InChI is InChI=1S/C19H15Cl2F3N4O3/c20-13-5-10(6-14(21)15(13)29)17(30)28-16(26)11(7-25)18(31)27-8-9-3-1-2-4-12(9)19(22,23)24/h1-7,29H,8,25H2,(H,27,31)(H2,26,28,30)/b11-7+. The van der Waals surface area contributed by atoms with Crippen LogP contribution in [0.25, 0.3) is 0 Å². The number of phenols is 1. The fourth-order valence-electron chi connectivity index (χ4n) is 2.42. The molecule has 0 fully saturated rings. The first kappa shape index (κ1) is 24.0. The number of halogens is 5. The first-order valence-corrected chi connectivity index (χ1v) is 9.13. The quantitative estimate of drug-likeness (QED) is 0.299. The Morgan fingerprint density at radius 1 is 1.16 bits per heavy atom. The van der Waals surface area contributed by atoms with Crippen LogP contribution in [0.5, 0.6) is 5.75 Å². The van der Waals surface area contributed by atoms with Crippen molar-refractivity contribution in [3.63, 3.8) is 0 Å². The predicted octanol–water partition coefficient (Wildman–Crippen LogP) is 3.37. The third-order valence-corrected chi connectivity index (χ3v) is 4.51. The fraction of sp³-hybridized carbons (Fsp3) is 0.105. The van der Waals surface area contributed by atoms with Crippen LogP contribution in [0.2, 0.25) is 10.0 Å². The number of nitrogens with two attached hydrogens (primary N) is 2. The van der Waals surface area contributed by atoms with Gasteiger partial charge in [0.05, 0.1) is 21.2 Å². The first-order chi connectivity index (χ1) is 14.5. The van der Waals surface area contributed by atoms with Gasteiger partial charge in [0.25, 0.3) is 11.8 Å². The molecule has 0 heterocycles. The summed E-state index contributed by atoms with van der Waals surface area (Å²) in [5, 5.41) is 11.4. The molecule has 0 spiro atoms. The van der Waals surface area contributed by atoms with Crippen molar-refractivity contribution in [3.8, 4) is 5.75 Å². The summed E-state index contributed by atoms with van der Waals surface area (Å²) in [5.41, 5.74) is 9.38. The summed E-state index contributed by atoms with van der Waals surface area (Å²) in [6.45, 7) is -0.476. The number of nitrogens with zero attached hydrogens (tertiary/aromatic N) is 1. The Hall–Kier alpha value is -3.24. The van der Waals surface area contributed by atoms with Gasteiger partial charge in [-0.1, -0.05) is 41.4 Å². The molecular weight excluding hydrogens is 460 g/mol. The number of carbonyl (C=O) groups excluding carboxylic acids is 2. The lowest BCUT2D eigenvalue weighted by Gasteiger charge is -2.14. The molecule has 2 rings (SSSR count). The molecule has 0 bridgehead atoms. The Kier molecular flexibility index (Phi) is 7.53. The second-order valence-electron chi connectivity index (χ2n) is 6.01. The van der Waals surface area contributed by atoms with E-state index in [2.05, 4.69) is 10.3 Å². The molecule has 0 atom stereocenters. The van der Waals surface area contributed by atoms with Crippen LogP contribution in [0, 0.1) is 0 Å². The van der Waals surface area contributed by atoms with Crippen molar-refractivity contribution < 1.29 is 27.9 Å². The van der Waals surface area contributed by atoms with Crippen LogP contribution >= 0.6 is 23.2 Å². The maximum absolute atomic E-state index is 13.1. The summed E-state index contributed by atoms with van der Waals surface area (Å²) in [6, 6.07) is 6.86. The summed E-state index contributed by atoms with van der Waals surface area (Å²) < 4.78 is 39.2. The largest absolute Gasteiger partial charge is 0.505 e. The Balaban J connectivity index is 2.19. The Morgan fingerprint density at radius 3 is 2.29 bits per heavy atom. The lowest BCUT2D eigenvalue weighted by atomic mass is 10.1. The van der Waals surface area contributed by atoms with Gasteiger partial charge in [-0.3, -0.25) is 9.59 Å². The zero-order valence-corrected chi connectivity index (χ0v) is 17.0. The summed E-state index contributed by atoms with van der Waals surface area (Å²) >= 11 is 11.5. The van der Waals surface area contributed by atoms with E-state index in [0.29, 0.717) is 0 Å². The highest BCUT2D eigenvalue weighted by atomic mass is 35.5. The van der Waals surface area contributed by atoms with E-state index in [0.717, 1.165) is 24.4 Å². The second-order valence-corrected chi connectivity index (χ2v) is 6.82. The number of carbonyl (C=O) groups is 2. The molecule has 0 aliphatic rings. The summed E-state index contributed by atoms with van der Waals surface area (Å²) in [6.07, 6.45) is -3.85. The van der Waals surface area contributed by atoms with Gasteiger partial charge in [-0.25, -0.2) is 0 Å². The van der Waals surface area contributed by atoms with E-state index >= 15 is 0 Å². The number of hydrogen-bond donors (Lipinski definition) is 4. The topological polar surface area (TPSA) is 131 Å². The molecule has 31 heavy (non-hydrogen) atoms. The molecule has 164 valence electrons. The predicted molar refractivity (Wildman–Crippen MR) is 110 cm³/mol. The number of hydrogen-bond acceptors (Lipinski definition) is 4. The molecule has 12 heteroatoms. The maximum Gasteiger partial charge on any atom is 0.416 e. The fourth-order valence-corrected chi connectivity index (χ4v) is 2.91. The second kappa shape index (κ2) is 9.71. The van der Waals surface area contributed by atoms with Crippen molar-refractivity contribution in [3.05, 3.63) is 74.9 Å². The molecule has 0 aliphatic heterocycles. The van der Waals surface area contributed by atoms with Gasteiger partial charge < -0.3 is 21.9 Å². The van der Waals surface area contributed by atoms with Crippen molar-refractivity contribution in [2.45, 2.75) is 12.7 Å². The van der Waals surface area contributed by atoms with E-state index in [1.54, 1.807) is 0 Å². The average Bonchev–Trinajstić information content (AvgIpc) is 2.70. The number of aromatic hydroxyl groups is 1. The zero-order valence-electron chi connectivity index (χ0n) is 15.5. The number of benzene rings is 2. The minimum absolute atomic E-state index is 0.133. The molecule has 0 saturated carbocycles. The molecule has 0 radical (unpaired) electrons. The molecular formula is C19H15Cl2F3N4O3. The van der Waals surface area contributed by atoms with Gasteiger partial charge in [0, 0.05) is 18.3 Å². The molecule has 0 aliphatic carbocycles. The zero-order chi connectivity index (χ0) is 23.3. The molecule has 2 amide bonds.